The van der Waals surface area contributed by atoms with Crippen LogP contribution in [0.5, 0.6) is 0 Å². The van der Waals surface area contributed by atoms with Gasteiger partial charge in [-0.2, -0.15) is 0 Å². The lowest BCUT2D eigenvalue weighted by atomic mass is 9.94. The van der Waals surface area contributed by atoms with Gasteiger partial charge in [0.2, 0.25) is 0 Å². The van der Waals surface area contributed by atoms with Crippen LogP contribution < -0.4 is 5.32 Å². The van der Waals surface area contributed by atoms with Crippen LogP contribution in [0.2, 0.25) is 5.15 Å². The maximum absolute atomic E-state index is 11.0. The van der Waals surface area contributed by atoms with Crippen LogP contribution in [0.1, 0.15) is 29.0 Å². The number of hydrogen-bond donors (Lipinski definition) is 2. The van der Waals surface area contributed by atoms with Crippen LogP contribution >= 0.6 is 11.6 Å². The van der Waals surface area contributed by atoms with Crippen LogP contribution in [0.3, 0.4) is 0 Å². The highest BCUT2D eigenvalue weighted by molar-refractivity contribution is 6.32. The number of hydrogen-bond acceptors (Lipinski definition) is 6. The van der Waals surface area contributed by atoms with Crippen molar-refractivity contribution in [2.45, 2.75) is 25.4 Å². The normalized spacial score (nSPS) is 18.1. The van der Waals surface area contributed by atoms with E-state index in [1.807, 2.05) is 0 Å². The van der Waals surface area contributed by atoms with E-state index in [2.05, 4.69) is 15.3 Å². The molecule has 0 atom stereocenters. The summed E-state index contributed by atoms with van der Waals surface area (Å²) in [4.78, 5) is 19.1. The van der Waals surface area contributed by atoms with Crippen LogP contribution in [0.15, 0.2) is 0 Å². The van der Waals surface area contributed by atoms with Gasteiger partial charge in [-0.05, 0) is 6.92 Å². The molecule has 104 valence electrons. The summed E-state index contributed by atoms with van der Waals surface area (Å²) in [6.45, 7) is 3.04. The second kappa shape index (κ2) is 5.81. The first-order valence-electron chi connectivity index (χ1n) is 6.07. The van der Waals surface area contributed by atoms with E-state index in [9.17, 15) is 9.90 Å². The van der Waals surface area contributed by atoms with Crippen LogP contribution in [0.4, 0.5) is 5.82 Å². The Balaban J connectivity index is 2.12. The fourth-order valence-corrected chi connectivity index (χ4v) is 2.22. The minimum Gasteiger partial charge on any atom is -0.388 e. The maximum atomic E-state index is 11.0. The fourth-order valence-electron chi connectivity index (χ4n) is 1.96. The third kappa shape index (κ3) is 3.40. The van der Waals surface area contributed by atoms with E-state index in [4.69, 9.17) is 16.3 Å². The molecule has 7 heteroatoms. The molecule has 0 bridgehead atoms. The van der Waals surface area contributed by atoms with Gasteiger partial charge in [0.05, 0.1) is 11.2 Å². The van der Waals surface area contributed by atoms with Crippen molar-refractivity contribution in [3.63, 3.8) is 0 Å². The summed E-state index contributed by atoms with van der Waals surface area (Å²) in [7, 11) is 0. The summed E-state index contributed by atoms with van der Waals surface area (Å²) in [5.74, 6) is 0.824. The topological polar surface area (TPSA) is 84.3 Å². The number of nitrogens with one attached hydrogen (secondary N) is 1. The second-order valence-electron chi connectivity index (χ2n) is 4.63. The van der Waals surface area contributed by atoms with Gasteiger partial charge in [0.25, 0.3) is 0 Å². The van der Waals surface area contributed by atoms with Crippen molar-refractivity contribution in [2.24, 2.45) is 0 Å². The van der Waals surface area contributed by atoms with E-state index in [0.717, 1.165) is 0 Å². The van der Waals surface area contributed by atoms with Crippen molar-refractivity contribution >= 4 is 23.7 Å². The zero-order chi connectivity index (χ0) is 13.9. The first-order chi connectivity index (χ1) is 9.04. The van der Waals surface area contributed by atoms with Gasteiger partial charge in [0.1, 0.15) is 16.8 Å². The molecule has 0 saturated carbocycles. The van der Waals surface area contributed by atoms with Gasteiger partial charge in [-0.25, -0.2) is 9.97 Å². The molecule has 0 spiro atoms. The molecule has 19 heavy (non-hydrogen) atoms. The van der Waals surface area contributed by atoms with Gasteiger partial charge in [-0.15, -0.1) is 0 Å². The molecule has 0 aromatic carbocycles. The van der Waals surface area contributed by atoms with Gasteiger partial charge in [0.15, 0.2) is 6.29 Å². The van der Waals surface area contributed by atoms with Gasteiger partial charge < -0.3 is 15.2 Å². The predicted octanol–water partition coefficient (Wildman–Crippen LogP) is 1.20. The van der Waals surface area contributed by atoms with E-state index in [0.29, 0.717) is 50.5 Å². The van der Waals surface area contributed by atoms with Crippen molar-refractivity contribution in [3.05, 3.63) is 16.5 Å². The molecule has 2 heterocycles. The van der Waals surface area contributed by atoms with Gasteiger partial charge in [-0.1, -0.05) is 11.6 Å². The third-order valence-electron chi connectivity index (χ3n) is 3.14. The number of carbonyl (C=O) groups excluding carboxylic acids is 1. The summed E-state index contributed by atoms with van der Waals surface area (Å²) in [5.41, 5.74) is -0.632. The van der Waals surface area contributed by atoms with Crippen molar-refractivity contribution in [1.29, 1.82) is 0 Å². The lowest BCUT2D eigenvalue weighted by Gasteiger charge is -2.32. The van der Waals surface area contributed by atoms with Crippen LogP contribution in [0, 0.1) is 6.92 Å². The molecule has 1 aliphatic heterocycles. The Morgan fingerprint density at radius 3 is 2.79 bits per heavy atom. The highest BCUT2D eigenvalue weighted by Crippen LogP contribution is 2.23. The summed E-state index contributed by atoms with van der Waals surface area (Å²) in [6, 6.07) is 0. The Labute approximate surface area is 116 Å². The number of anilines is 1. The van der Waals surface area contributed by atoms with Crippen molar-refractivity contribution < 1.29 is 14.6 Å². The number of rotatable bonds is 4. The zero-order valence-corrected chi connectivity index (χ0v) is 11.4. The van der Waals surface area contributed by atoms with Gasteiger partial charge >= 0.3 is 0 Å². The Hall–Kier alpha value is -1.24. The average Bonchev–Trinajstić information content (AvgIpc) is 2.37. The molecule has 0 radical (unpaired) electrons. The lowest BCUT2D eigenvalue weighted by molar-refractivity contribution is -0.0543. The number of ether oxygens (including phenoxy) is 1. The molecule has 1 aromatic rings. The van der Waals surface area contributed by atoms with Crippen molar-refractivity contribution in [3.8, 4) is 0 Å². The smallest absolute Gasteiger partial charge is 0.156 e. The second-order valence-corrected chi connectivity index (χ2v) is 4.99. The van der Waals surface area contributed by atoms with Gasteiger partial charge in [0, 0.05) is 32.6 Å². The molecule has 1 aliphatic rings. The summed E-state index contributed by atoms with van der Waals surface area (Å²) < 4.78 is 5.21. The molecule has 1 saturated heterocycles. The first kappa shape index (κ1) is 14.2. The number of aryl methyl sites for hydroxylation is 1. The number of halogens is 1. The minimum absolute atomic E-state index is 0.115. The van der Waals surface area contributed by atoms with E-state index in [1.165, 1.54) is 0 Å². The van der Waals surface area contributed by atoms with Crippen molar-refractivity contribution in [1.82, 2.24) is 9.97 Å². The van der Waals surface area contributed by atoms with Crippen LogP contribution in [0.25, 0.3) is 0 Å². The van der Waals surface area contributed by atoms with Crippen LogP contribution in [-0.2, 0) is 4.74 Å². The monoisotopic (exact) mass is 285 g/mol. The standard InChI is InChI=1S/C12H16ClN3O3/c1-8-15-10(13)9(6-17)11(16-8)14-7-12(18)2-4-19-5-3-12/h6,18H,2-5,7H2,1H3,(H,14,15,16). The summed E-state index contributed by atoms with van der Waals surface area (Å²) in [6.07, 6.45) is 1.71. The Kier molecular flexibility index (Phi) is 4.34. The molecule has 1 aromatic heterocycles. The van der Waals surface area contributed by atoms with E-state index >= 15 is 0 Å². The summed E-state index contributed by atoms with van der Waals surface area (Å²) >= 11 is 5.89. The summed E-state index contributed by atoms with van der Waals surface area (Å²) in [5, 5.41) is 13.4. The van der Waals surface area contributed by atoms with Crippen molar-refractivity contribution in [2.75, 3.05) is 25.1 Å². The molecule has 0 amide bonds. The zero-order valence-electron chi connectivity index (χ0n) is 10.6. The number of nitrogens with zero attached hydrogens (tertiary/aromatic N) is 2. The first-order valence-corrected chi connectivity index (χ1v) is 6.45. The number of aldehydes is 1. The Morgan fingerprint density at radius 2 is 2.16 bits per heavy atom. The average molecular weight is 286 g/mol. The molecule has 6 nitrogen and oxygen atoms in total. The largest absolute Gasteiger partial charge is 0.388 e. The third-order valence-corrected chi connectivity index (χ3v) is 3.43. The number of aromatic nitrogens is 2. The van der Waals surface area contributed by atoms with E-state index < -0.39 is 5.60 Å². The fraction of sp³-hybridized carbons (Fsp3) is 0.583. The minimum atomic E-state index is -0.844. The molecule has 0 unspecified atom stereocenters. The van der Waals surface area contributed by atoms with Crippen LogP contribution in [-0.4, -0.2) is 46.7 Å². The lowest BCUT2D eigenvalue weighted by Crippen LogP contribution is -2.42. The maximum Gasteiger partial charge on any atom is 0.156 e. The molecular weight excluding hydrogens is 270 g/mol. The molecule has 0 aliphatic carbocycles. The number of aliphatic hydroxyl groups is 1. The van der Waals surface area contributed by atoms with Gasteiger partial charge in [-0.3, -0.25) is 4.79 Å². The predicted molar refractivity (Wildman–Crippen MR) is 70.7 cm³/mol. The Bertz CT molecular complexity index is 476. The SMILES string of the molecule is Cc1nc(Cl)c(C=O)c(NCC2(O)CCOCC2)n1. The Morgan fingerprint density at radius 1 is 1.47 bits per heavy atom. The van der Waals surface area contributed by atoms with E-state index in [1.54, 1.807) is 6.92 Å². The quantitative estimate of drug-likeness (QED) is 0.639. The number of carbonyl (C=O) groups is 1. The molecule has 1 fully saturated rings. The highest BCUT2D eigenvalue weighted by atomic mass is 35.5. The molecule has 2 N–H and O–H groups in total. The molecular formula is C12H16ClN3O3. The van der Waals surface area contributed by atoms with E-state index in [-0.39, 0.29) is 10.7 Å². The highest BCUT2D eigenvalue weighted by Gasteiger charge is 2.30. The molecule has 2 rings (SSSR count).